The molecule has 1 heterocycles. The van der Waals surface area contributed by atoms with Crippen LogP contribution < -0.4 is 33.3 Å². The van der Waals surface area contributed by atoms with Crippen molar-refractivity contribution in [2.45, 2.75) is 96.8 Å². The van der Waals surface area contributed by atoms with Crippen molar-refractivity contribution in [3.63, 3.8) is 0 Å². The third kappa shape index (κ3) is 13.1. The third-order valence-corrected chi connectivity index (χ3v) is 5.93. The molecule has 0 saturated carbocycles. The molecule has 0 aliphatic heterocycles. The molecule has 0 aliphatic rings. The molecule has 174 valence electrons. The van der Waals surface area contributed by atoms with Gasteiger partial charge in [0, 0.05) is 12.1 Å². The fourth-order valence-electron chi connectivity index (χ4n) is 3.92. The quantitative estimate of drug-likeness (QED) is 0.157. The van der Waals surface area contributed by atoms with Gasteiger partial charge in [-0.25, -0.2) is 4.57 Å². The minimum atomic E-state index is 0. The average Bonchev–Trinajstić information content (AvgIpc) is 2.77. The molecule has 2 aromatic rings. The maximum Gasteiger partial charge on any atom is 0.169 e. The van der Waals surface area contributed by atoms with Crippen LogP contribution >= 0.6 is 0 Å². The summed E-state index contributed by atoms with van der Waals surface area (Å²) in [6.07, 6.45) is 23.6. The number of ether oxygens (including phenoxy) is 1. The second-order valence-corrected chi connectivity index (χ2v) is 8.72. The van der Waals surface area contributed by atoms with E-state index in [0.29, 0.717) is 0 Å². The van der Waals surface area contributed by atoms with Crippen LogP contribution in [0.1, 0.15) is 96.8 Å². The Hall–Kier alpha value is -1.10. The zero-order chi connectivity index (χ0) is 21.3. The van der Waals surface area contributed by atoms with Crippen molar-refractivity contribution in [2.24, 2.45) is 7.05 Å². The fourth-order valence-corrected chi connectivity index (χ4v) is 3.92. The molecule has 0 radical (unpaired) electrons. The Morgan fingerprint density at radius 2 is 1.00 bits per heavy atom. The molecule has 1 aromatic carbocycles. The normalized spacial score (nSPS) is 10.6. The number of halogens is 1. The Bertz CT molecular complexity index is 654. The molecule has 0 N–H and O–H groups in total. The van der Waals surface area contributed by atoms with E-state index in [1.807, 2.05) is 7.05 Å². The van der Waals surface area contributed by atoms with E-state index in [0.717, 1.165) is 18.8 Å². The van der Waals surface area contributed by atoms with Gasteiger partial charge in [-0.1, -0.05) is 103 Å². The van der Waals surface area contributed by atoms with Crippen LogP contribution in [0.4, 0.5) is 0 Å². The first-order valence-electron chi connectivity index (χ1n) is 12.5. The van der Waals surface area contributed by atoms with Gasteiger partial charge in [0.15, 0.2) is 12.4 Å². The largest absolute Gasteiger partial charge is 1.00 e. The molecule has 0 unspecified atom stereocenters. The van der Waals surface area contributed by atoms with Crippen LogP contribution in [0.5, 0.6) is 5.75 Å². The average molecular weight is 538 g/mol. The maximum absolute atomic E-state index is 5.92. The van der Waals surface area contributed by atoms with Crippen molar-refractivity contribution in [3.05, 3.63) is 48.8 Å². The molecule has 31 heavy (non-hydrogen) atoms. The van der Waals surface area contributed by atoms with E-state index in [9.17, 15) is 0 Å². The van der Waals surface area contributed by atoms with Crippen molar-refractivity contribution in [3.8, 4) is 16.9 Å². The first-order chi connectivity index (χ1) is 14.8. The molecular weight excluding hydrogens is 493 g/mol. The minimum Gasteiger partial charge on any atom is -1.00 e. The van der Waals surface area contributed by atoms with Gasteiger partial charge < -0.3 is 28.7 Å². The second-order valence-electron chi connectivity index (χ2n) is 8.72. The molecule has 0 atom stereocenters. The van der Waals surface area contributed by atoms with Crippen molar-refractivity contribution in [1.82, 2.24) is 0 Å². The number of nitrogens with zero attached hydrogens (tertiary/aromatic N) is 1. The predicted molar refractivity (Wildman–Crippen MR) is 129 cm³/mol. The molecule has 0 aliphatic carbocycles. The summed E-state index contributed by atoms with van der Waals surface area (Å²) in [5, 5.41) is 0. The molecule has 2 rings (SSSR count). The number of aryl methyl sites for hydroxylation is 1. The van der Waals surface area contributed by atoms with Gasteiger partial charge in [0.05, 0.1) is 6.61 Å². The summed E-state index contributed by atoms with van der Waals surface area (Å²) in [4.78, 5) is 0. The Balaban J connectivity index is 0.00000480. The highest BCUT2D eigenvalue weighted by molar-refractivity contribution is 5.63. The zero-order valence-corrected chi connectivity index (χ0v) is 22.1. The number of aromatic nitrogens is 1. The number of hydrogen-bond donors (Lipinski definition) is 0. The summed E-state index contributed by atoms with van der Waals surface area (Å²) in [5.74, 6) is 0.981. The maximum atomic E-state index is 5.92. The lowest BCUT2D eigenvalue weighted by atomic mass is 10.0. The van der Waals surface area contributed by atoms with Crippen LogP contribution in [0.25, 0.3) is 11.1 Å². The van der Waals surface area contributed by atoms with E-state index >= 15 is 0 Å². The molecule has 3 heteroatoms. The highest BCUT2D eigenvalue weighted by Gasteiger charge is 2.01. The number of unbranched alkanes of at least 4 members (excludes halogenated alkanes) is 13. The van der Waals surface area contributed by atoms with Crippen molar-refractivity contribution < 1.29 is 33.3 Å². The minimum absolute atomic E-state index is 0. The third-order valence-electron chi connectivity index (χ3n) is 5.93. The van der Waals surface area contributed by atoms with Crippen LogP contribution in [0.3, 0.4) is 0 Å². The molecule has 0 fully saturated rings. The lowest BCUT2D eigenvalue weighted by Crippen LogP contribution is -3.00. The zero-order valence-electron chi connectivity index (χ0n) is 20.0. The Kier molecular flexibility index (Phi) is 16.6. The van der Waals surface area contributed by atoms with E-state index in [1.165, 1.54) is 94.6 Å². The molecular formula is C28H44INO. The molecule has 1 aromatic heterocycles. The van der Waals surface area contributed by atoms with E-state index in [-0.39, 0.29) is 24.0 Å². The highest BCUT2D eigenvalue weighted by atomic mass is 127. The monoisotopic (exact) mass is 537 g/mol. The summed E-state index contributed by atoms with van der Waals surface area (Å²) in [6, 6.07) is 12.8. The Morgan fingerprint density at radius 3 is 1.48 bits per heavy atom. The standard InChI is InChI=1S/C28H44NO.HI/c1-3-4-5-6-7-8-9-10-11-12-13-14-15-16-25-30-28-19-17-26(18-20-28)27-21-23-29(2)24-22-27;/h17-24H,3-16,25H2,1-2H3;1H/q+1;/p-1. The van der Waals surface area contributed by atoms with Crippen molar-refractivity contribution >= 4 is 0 Å². The van der Waals surface area contributed by atoms with Crippen LogP contribution in [0, 0.1) is 0 Å². The summed E-state index contributed by atoms with van der Waals surface area (Å²) in [5.41, 5.74) is 2.48. The predicted octanol–water partition coefficient (Wildman–Crippen LogP) is 5.04. The lowest BCUT2D eigenvalue weighted by molar-refractivity contribution is -0.671. The van der Waals surface area contributed by atoms with E-state index in [2.05, 4.69) is 60.3 Å². The van der Waals surface area contributed by atoms with Gasteiger partial charge in [0.2, 0.25) is 0 Å². The van der Waals surface area contributed by atoms with Crippen LogP contribution in [0.2, 0.25) is 0 Å². The number of rotatable bonds is 17. The molecule has 2 nitrogen and oxygen atoms in total. The Labute approximate surface area is 208 Å². The lowest BCUT2D eigenvalue weighted by Gasteiger charge is -2.07. The van der Waals surface area contributed by atoms with Gasteiger partial charge >= 0.3 is 0 Å². The van der Waals surface area contributed by atoms with E-state index in [4.69, 9.17) is 4.74 Å². The van der Waals surface area contributed by atoms with E-state index < -0.39 is 0 Å². The second kappa shape index (κ2) is 18.5. The fraction of sp³-hybridized carbons (Fsp3) is 0.607. The Morgan fingerprint density at radius 1 is 0.581 bits per heavy atom. The summed E-state index contributed by atoms with van der Waals surface area (Å²) in [6.45, 7) is 3.12. The highest BCUT2D eigenvalue weighted by Crippen LogP contribution is 2.21. The number of hydrogen-bond acceptors (Lipinski definition) is 1. The van der Waals surface area contributed by atoms with Gasteiger partial charge in [0.1, 0.15) is 12.8 Å². The van der Waals surface area contributed by atoms with Crippen LogP contribution in [-0.2, 0) is 7.05 Å². The van der Waals surface area contributed by atoms with Gasteiger partial charge in [-0.05, 0) is 29.7 Å². The van der Waals surface area contributed by atoms with E-state index in [1.54, 1.807) is 0 Å². The molecule has 0 spiro atoms. The first-order valence-corrected chi connectivity index (χ1v) is 12.5. The first kappa shape index (κ1) is 27.9. The van der Waals surface area contributed by atoms with Crippen molar-refractivity contribution in [1.29, 1.82) is 0 Å². The number of pyridine rings is 1. The molecule has 0 saturated heterocycles. The van der Waals surface area contributed by atoms with Gasteiger partial charge in [-0.3, -0.25) is 0 Å². The van der Waals surface area contributed by atoms with Crippen LogP contribution in [0.15, 0.2) is 48.8 Å². The van der Waals surface area contributed by atoms with Gasteiger partial charge in [0.25, 0.3) is 0 Å². The molecule has 0 amide bonds. The summed E-state index contributed by atoms with van der Waals surface area (Å²) < 4.78 is 7.97. The summed E-state index contributed by atoms with van der Waals surface area (Å²) in [7, 11) is 2.04. The topological polar surface area (TPSA) is 13.1 Å². The number of benzene rings is 1. The summed E-state index contributed by atoms with van der Waals surface area (Å²) >= 11 is 0. The SMILES string of the molecule is CCCCCCCCCCCCCCCCOc1ccc(-c2cc[n+](C)cc2)cc1.[I-]. The van der Waals surface area contributed by atoms with Gasteiger partial charge in [-0.2, -0.15) is 0 Å². The van der Waals surface area contributed by atoms with Gasteiger partial charge in [-0.15, -0.1) is 0 Å². The van der Waals surface area contributed by atoms with Crippen molar-refractivity contribution in [2.75, 3.05) is 6.61 Å². The van der Waals surface area contributed by atoms with Crippen LogP contribution in [-0.4, -0.2) is 6.61 Å². The smallest absolute Gasteiger partial charge is 0.169 e. The molecule has 0 bridgehead atoms.